The molecule has 1 saturated carbocycles. The second-order valence-corrected chi connectivity index (χ2v) is 8.31. The van der Waals surface area contributed by atoms with Crippen LogP contribution in [0.3, 0.4) is 0 Å². The zero-order chi connectivity index (χ0) is 20.5. The van der Waals surface area contributed by atoms with E-state index in [4.69, 9.17) is 10.00 Å². The first kappa shape index (κ1) is 21.6. The van der Waals surface area contributed by atoms with Crippen molar-refractivity contribution in [3.8, 4) is 6.07 Å². The minimum absolute atomic E-state index is 0.119. The molecular formula is C23H34N4O2. The standard InChI is InChI=1S/C23H34N4O2/c1-29-16-10-23(28)25-21-7-5-19(6-8-21)9-11-26-12-14-27(15-13-26)22-4-2-3-20(17-22)18-24/h2-4,17,19,21H,5-16H2,1H3,(H,25,28). The number of nitrogens with zero attached hydrogens (tertiary/aromatic N) is 3. The maximum absolute atomic E-state index is 11.8. The topological polar surface area (TPSA) is 68.6 Å². The Hall–Kier alpha value is -2.10. The van der Waals surface area contributed by atoms with Gasteiger partial charge in [-0.1, -0.05) is 6.07 Å². The fourth-order valence-corrected chi connectivity index (χ4v) is 4.46. The Labute approximate surface area is 174 Å². The van der Waals surface area contributed by atoms with Crippen LogP contribution in [0.15, 0.2) is 24.3 Å². The van der Waals surface area contributed by atoms with Gasteiger partial charge in [0.2, 0.25) is 5.91 Å². The molecule has 3 rings (SSSR count). The highest BCUT2D eigenvalue weighted by Crippen LogP contribution is 2.27. The first-order chi connectivity index (χ1) is 14.2. The monoisotopic (exact) mass is 398 g/mol. The highest BCUT2D eigenvalue weighted by atomic mass is 16.5. The highest BCUT2D eigenvalue weighted by molar-refractivity contribution is 5.76. The van der Waals surface area contributed by atoms with E-state index in [-0.39, 0.29) is 5.91 Å². The predicted molar refractivity (Wildman–Crippen MR) is 115 cm³/mol. The number of piperazine rings is 1. The summed E-state index contributed by atoms with van der Waals surface area (Å²) < 4.78 is 4.97. The molecule has 6 heteroatoms. The Morgan fingerprint density at radius 3 is 2.66 bits per heavy atom. The normalized spacial score (nSPS) is 22.8. The van der Waals surface area contributed by atoms with Crippen LogP contribution in [0.5, 0.6) is 0 Å². The van der Waals surface area contributed by atoms with Gasteiger partial charge in [0, 0.05) is 51.4 Å². The number of benzene rings is 1. The lowest BCUT2D eigenvalue weighted by molar-refractivity contribution is -0.122. The molecular weight excluding hydrogens is 364 g/mol. The molecule has 1 aromatic carbocycles. The van der Waals surface area contributed by atoms with E-state index in [1.54, 1.807) is 7.11 Å². The molecule has 158 valence electrons. The zero-order valence-electron chi connectivity index (χ0n) is 17.6. The third kappa shape index (κ3) is 6.73. The largest absolute Gasteiger partial charge is 0.384 e. The van der Waals surface area contributed by atoms with Gasteiger partial charge in [-0.05, 0) is 62.8 Å². The summed E-state index contributed by atoms with van der Waals surface area (Å²) in [7, 11) is 1.63. The lowest BCUT2D eigenvalue weighted by Gasteiger charge is -2.37. The van der Waals surface area contributed by atoms with Gasteiger partial charge >= 0.3 is 0 Å². The number of carbonyl (C=O) groups excluding carboxylic acids is 1. The molecule has 1 aromatic rings. The van der Waals surface area contributed by atoms with E-state index in [1.807, 2.05) is 18.2 Å². The van der Waals surface area contributed by atoms with Gasteiger partial charge in [0.15, 0.2) is 0 Å². The van der Waals surface area contributed by atoms with E-state index in [2.05, 4.69) is 27.3 Å². The van der Waals surface area contributed by atoms with Gasteiger partial charge in [0.1, 0.15) is 0 Å². The molecule has 0 bridgehead atoms. The molecule has 1 saturated heterocycles. The number of anilines is 1. The van der Waals surface area contributed by atoms with E-state index in [0.29, 0.717) is 19.1 Å². The lowest BCUT2D eigenvalue weighted by atomic mass is 9.84. The number of amides is 1. The van der Waals surface area contributed by atoms with Crippen molar-refractivity contribution < 1.29 is 9.53 Å². The van der Waals surface area contributed by atoms with Crippen LogP contribution in [0.4, 0.5) is 5.69 Å². The molecule has 6 nitrogen and oxygen atoms in total. The summed E-state index contributed by atoms with van der Waals surface area (Å²) >= 11 is 0. The maximum atomic E-state index is 11.8. The van der Waals surface area contributed by atoms with Crippen molar-refractivity contribution in [2.75, 3.05) is 51.3 Å². The van der Waals surface area contributed by atoms with Crippen LogP contribution in [-0.2, 0) is 9.53 Å². The van der Waals surface area contributed by atoms with Crippen LogP contribution < -0.4 is 10.2 Å². The first-order valence-electron chi connectivity index (χ1n) is 10.9. The molecule has 0 radical (unpaired) electrons. The van der Waals surface area contributed by atoms with Crippen molar-refractivity contribution in [1.29, 1.82) is 5.26 Å². The molecule has 1 amide bonds. The first-order valence-corrected chi connectivity index (χ1v) is 10.9. The van der Waals surface area contributed by atoms with Gasteiger partial charge in [-0.2, -0.15) is 5.26 Å². The number of hydrogen-bond donors (Lipinski definition) is 1. The minimum Gasteiger partial charge on any atom is -0.384 e. The van der Waals surface area contributed by atoms with Crippen LogP contribution in [0.1, 0.15) is 44.1 Å². The van der Waals surface area contributed by atoms with Gasteiger partial charge in [-0.15, -0.1) is 0 Å². The number of carbonyl (C=O) groups is 1. The van der Waals surface area contributed by atoms with Gasteiger partial charge in [-0.25, -0.2) is 0 Å². The van der Waals surface area contributed by atoms with Crippen LogP contribution in [0.25, 0.3) is 0 Å². The summed E-state index contributed by atoms with van der Waals surface area (Å²) in [6.45, 7) is 5.88. The summed E-state index contributed by atoms with van der Waals surface area (Å²) in [6, 6.07) is 10.5. The van der Waals surface area contributed by atoms with Crippen molar-refractivity contribution >= 4 is 11.6 Å². The quantitative estimate of drug-likeness (QED) is 0.729. The van der Waals surface area contributed by atoms with Crippen LogP contribution in [0, 0.1) is 17.2 Å². The van der Waals surface area contributed by atoms with Crippen LogP contribution in [-0.4, -0.2) is 63.3 Å². The third-order valence-corrected chi connectivity index (χ3v) is 6.31. The summed E-state index contributed by atoms with van der Waals surface area (Å²) in [5, 5.41) is 12.2. The molecule has 29 heavy (non-hydrogen) atoms. The number of rotatable bonds is 8. The Morgan fingerprint density at radius 2 is 1.97 bits per heavy atom. The van der Waals surface area contributed by atoms with Crippen molar-refractivity contribution in [3.05, 3.63) is 29.8 Å². The summed E-state index contributed by atoms with van der Waals surface area (Å²) in [4.78, 5) is 16.8. The second kappa shape index (κ2) is 11.2. The summed E-state index contributed by atoms with van der Waals surface area (Å²) in [5.41, 5.74) is 1.89. The Balaban J connectivity index is 1.32. The minimum atomic E-state index is 0.119. The molecule has 2 fully saturated rings. The van der Waals surface area contributed by atoms with E-state index < -0.39 is 0 Å². The predicted octanol–water partition coefficient (Wildman–Crippen LogP) is 2.78. The maximum Gasteiger partial charge on any atom is 0.222 e. The molecule has 1 heterocycles. The molecule has 0 unspecified atom stereocenters. The molecule has 1 N–H and O–H groups in total. The van der Waals surface area contributed by atoms with Gasteiger partial charge in [0.25, 0.3) is 0 Å². The average Bonchev–Trinajstić information content (AvgIpc) is 2.77. The van der Waals surface area contributed by atoms with Gasteiger partial charge < -0.3 is 15.0 Å². The Morgan fingerprint density at radius 1 is 1.21 bits per heavy atom. The SMILES string of the molecule is COCCC(=O)NC1CCC(CCN2CCN(c3cccc(C#N)c3)CC2)CC1. The van der Waals surface area contributed by atoms with Crippen molar-refractivity contribution in [2.45, 2.75) is 44.6 Å². The summed E-state index contributed by atoms with van der Waals surface area (Å²) in [6.07, 6.45) is 6.36. The molecule has 1 aliphatic carbocycles. The molecule has 0 atom stereocenters. The number of ether oxygens (including phenoxy) is 1. The van der Waals surface area contributed by atoms with E-state index in [9.17, 15) is 4.79 Å². The third-order valence-electron chi connectivity index (χ3n) is 6.31. The molecule has 1 aliphatic heterocycles. The fraction of sp³-hybridized carbons (Fsp3) is 0.652. The number of hydrogen-bond acceptors (Lipinski definition) is 5. The molecule has 0 spiro atoms. The Kier molecular flexibility index (Phi) is 8.33. The van der Waals surface area contributed by atoms with Gasteiger partial charge in [-0.3, -0.25) is 9.69 Å². The highest BCUT2D eigenvalue weighted by Gasteiger charge is 2.24. The zero-order valence-corrected chi connectivity index (χ0v) is 17.6. The fourth-order valence-electron chi connectivity index (χ4n) is 4.46. The molecule has 0 aromatic heterocycles. The van der Waals surface area contributed by atoms with Crippen LogP contribution in [0.2, 0.25) is 0 Å². The van der Waals surface area contributed by atoms with Crippen molar-refractivity contribution in [3.63, 3.8) is 0 Å². The lowest BCUT2D eigenvalue weighted by Crippen LogP contribution is -2.47. The van der Waals surface area contributed by atoms with Crippen molar-refractivity contribution in [2.24, 2.45) is 5.92 Å². The van der Waals surface area contributed by atoms with Crippen molar-refractivity contribution in [1.82, 2.24) is 10.2 Å². The number of nitrogens with one attached hydrogen (secondary N) is 1. The van der Waals surface area contributed by atoms with E-state index in [0.717, 1.165) is 56.2 Å². The number of methoxy groups -OCH3 is 1. The smallest absolute Gasteiger partial charge is 0.222 e. The number of nitriles is 1. The average molecular weight is 399 g/mol. The van der Waals surface area contributed by atoms with Crippen LogP contribution >= 0.6 is 0 Å². The van der Waals surface area contributed by atoms with E-state index in [1.165, 1.54) is 25.8 Å². The summed E-state index contributed by atoms with van der Waals surface area (Å²) in [5.74, 6) is 0.904. The second-order valence-electron chi connectivity index (χ2n) is 8.31. The van der Waals surface area contributed by atoms with Gasteiger partial charge in [0.05, 0.1) is 18.2 Å². The van der Waals surface area contributed by atoms with E-state index >= 15 is 0 Å². The molecule has 2 aliphatic rings. The Bertz CT molecular complexity index is 686.